The molecule has 0 N–H and O–H groups in total. The second kappa shape index (κ2) is 5.19. The Morgan fingerprint density at radius 1 is 1.14 bits per heavy atom. The smallest absolute Gasteiger partial charge is 0.259 e. The Hall–Kier alpha value is -1.81. The Labute approximate surface area is 132 Å². The average Bonchev–Trinajstić information content (AvgIpc) is 2.45. The third-order valence-electron chi connectivity index (χ3n) is 3.43. The predicted molar refractivity (Wildman–Crippen MR) is 87.0 cm³/mol. The molecule has 0 unspecified atom stereocenters. The minimum Gasteiger partial charge on any atom is -0.484 e. The standard InChI is InChI=1S/C17H16BrNO2/c1-17(2)11-19(14-9-5-6-10-15(14)21-17)16(20)12-7-3-4-8-13(12)18/h3-10H,11H2,1-2H3. The van der Waals surface area contributed by atoms with E-state index in [0.29, 0.717) is 12.1 Å². The molecule has 2 aromatic rings. The first-order chi connectivity index (χ1) is 9.98. The monoisotopic (exact) mass is 345 g/mol. The van der Waals surface area contributed by atoms with Gasteiger partial charge in [0.15, 0.2) is 0 Å². The van der Waals surface area contributed by atoms with Crippen molar-refractivity contribution in [3.05, 3.63) is 58.6 Å². The molecule has 0 spiro atoms. The van der Waals surface area contributed by atoms with E-state index in [1.165, 1.54) is 0 Å². The zero-order valence-electron chi connectivity index (χ0n) is 12.0. The molecule has 4 heteroatoms. The first-order valence-electron chi connectivity index (χ1n) is 6.82. The number of ether oxygens (including phenoxy) is 1. The third-order valence-corrected chi connectivity index (χ3v) is 4.12. The highest BCUT2D eigenvalue weighted by Crippen LogP contribution is 2.37. The second-order valence-corrected chi connectivity index (χ2v) is 6.55. The van der Waals surface area contributed by atoms with E-state index in [1.54, 1.807) is 4.90 Å². The second-order valence-electron chi connectivity index (χ2n) is 5.70. The molecule has 2 aromatic carbocycles. The lowest BCUT2D eigenvalue weighted by molar-refractivity contribution is 0.0836. The molecule has 21 heavy (non-hydrogen) atoms. The van der Waals surface area contributed by atoms with Crippen molar-refractivity contribution in [2.24, 2.45) is 0 Å². The summed E-state index contributed by atoms with van der Waals surface area (Å²) in [5.74, 6) is 0.723. The SMILES string of the molecule is CC1(C)CN(C(=O)c2ccccc2Br)c2ccccc2O1. The van der Waals surface area contributed by atoms with Gasteiger partial charge in [-0.05, 0) is 54.0 Å². The maximum absolute atomic E-state index is 12.9. The van der Waals surface area contributed by atoms with Gasteiger partial charge < -0.3 is 9.64 Å². The van der Waals surface area contributed by atoms with Crippen LogP contribution in [0.25, 0.3) is 0 Å². The van der Waals surface area contributed by atoms with Crippen molar-refractivity contribution in [1.82, 2.24) is 0 Å². The fourth-order valence-corrected chi connectivity index (χ4v) is 2.98. The summed E-state index contributed by atoms with van der Waals surface area (Å²) in [6.45, 7) is 4.50. The number of para-hydroxylation sites is 2. The maximum Gasteiger partial charge on any atom is 0.259 e. The van der Waals surface area contributed by atoms with Gasteiger partial charge in [-0.15, -0.1) is 0 Å². The lowest BCUT2D eigenvalue weighted by atomic mass is 10.0. The highest BCUT2D eigenvalue weighted by Gasteiger charge is 2.35. The van der Waals surface area contributed by atoms with Crippen molar-refractivity contribution in [3.63, 3.8) is 0 Å². The van der Waals surface area contributed by atoms with Gasteiger partial charge in [0.1, 0.15) is 11.4 Å². The van der Waals surface area contributed by atoms with Crippen molar-refractivity contribution in [2.45, 2.75) is 19.4 Å². The Bertz CT molecular complexity index is 697. The summed E-state index contributed by atoms with van der Waals surface area (Å²) in [6, 6.07) is 15.1. The molecule has 3 nitrogen and oxygen atoms in total. The highest BCUT2D eigenvalue weighted by atomic mass is 79.9. The third kappa shape index (κ3) is 2.68. The number of anilines is 1. The van der Waals surface area contributed by atoms with Crippen LogP contribution in [0.4, 0.5) is 5.69 Å². The largest absolute Gasteiger partial charge is 0.484 e. The number of benzene rings is 2. The lowest BCUT2D eigenvalue weighted by Gasteiger charge is -2.39. The van der Waals surface area contributed by atoms with Crippen LogP contribution in [0.3, 0.4) is 0 Å². The van der Waals surface area contributed by atoms with E-state index in [4.69, 9.17) is 4.74 Å². The molecule has 1 aliphatic rings. The van der Waals surface area contributed by atoms with Crippen LogP contribution in [0.2, 0.25) is 0 Å². The van der Waals surface area contributed by atoms with Gasteiger partial charge in [-0.2, -0.15) is 0 Å². The number of carbonyl (C=O) groups is 1. The van der Waals surface area contributed by atoms with E-state index in [-0.39, 0.29) is 5.91 Å². The molecule has 1 amide bonds. The van der Waals surface area contributed by atoms with Gasteiger partial charge in [0.05, 0.1) is 17.8 Å². The number of carbonyl (C=O) groups excluding carboxylic acids is 1. The van der Waals surface area contributed by atoms with Crippen molar-refractivity contribution in [2.75, 3.05) is 11.4 Å². The number of halogens is 1. The molecule has 1 heterocycles. The Balaban J connectivity index is 2.06. The molecule has 0 fully saturated rings. The van der Waals surface area contributed by atoms with E-state index in [0.717, 1.165) is 15.9 Å². The van der Waals surface area contributed by atoms with E-state index < -0.39 is 5.60 Å². The van der Waals surface area contributed by atoms with Crippen LogP contribution in [0.15, 0.2) is 53.0 Å². The first-order valence-corrected chi connectivity index (χ1v) is 7.62. The minimum atomic E-state index is -0.411. The number of amides is 1. The van der Waals surface area contributed by atoms with Crippen molar-refractivity contribution in [3.8, 4) is 5.75 Å². The van der Waals surface area contributed by atoms with Crippen molar-refractivity contribution >= 4 is 27.5 Å². The van der Waals surface area contributed by atoms with Crippen LogP contribution in [0.5, 0.6) is 5.75 Å². The Morgan fingerprint density at radius 2 is 1.81 bits per heavy atom. The van der Waals surface area contributed by atoms with Gasteiger partial charge in [-0.1, -0.05) is 24.3 Å². The fraction of sp³-hybridized carbons (Fsp3) is 0.235. The lowest BCUT2D eigenvalue weighted by Crippen LogP contribution is -2.49. The van der Waals surface area contributed by atoms with Crippen LogP contribution >= 0.6 is 15.9 Å². The number of nitrogens with zero attached hydrogens (tertiary/aromatic N) is 1. The molecular formula is C17H16BrNO2. The molecule has 0 saturated carbocycles. The van der Waals surface area contributed by atoms with Gasteiger partial charge in [-0.25, -0.2) is 0 Å². The molecule has 1 aliphatic heterocycles. The zero-order valence-corrected chi connectivity index (χ0v) is 13.6. The summed E-state index contributed by atoms with van der Waals surface area (Å²) < 4.78 is 6.76. The van der Waals surface area contributed by atoms with Crippen LogP contribution in [-0.4, -0.2) is 18.1 Å². The van der Waals surface area contributed by atoms with Crippen LogP contribution in [0, 0.1) is 0 Å². The highest BCUT2D eigenvalue weighted by molar-refractivity contribution is 9.10. The number of fused-ring (bicyclic) bond motifs is 1. The molecular weight excluding hydrogens is 330 g/mol. The van der Waals surface area contributed by atoms with Gasteiger partial charge >= 0.3 is 0 Å². The molecule has 0 aliphatic carbocycles. The molecule has 0 radical (unpaired) electrons. The van der Waals surface area contributed by atoms with Crippen LogP contribution in [-0.2, 0) is 0 Å². The van der Waals surface area contributed by atoms with Crippen molar-refractivity contribution in [1.29, 1.82) is 0 Å². The summed E-state index contributed by atoms with van der Waals surface area (Å²) in [6.07, 6.45) is 0. The predicted octanol–water partition coefficient (Wildman–Crippen LogP) is 4.27. The van der Waals surface area contributed by atoms with Gasteiger partial charge in [0.2, 0.25) is 0 Å². The van der Waals surface area contributed by atoms with Gasteiger partial charge in [0, 0.05) is 4.47 Å². The molecule has 3 rings (SSSR count). The summed E-state index contributed by atoms with van der Waals surface area (Å²) in [4.78, 5) is 14.7. The average molecular weight is 346 g/mol. The van der Waals surface area contributed by atoms with Gasteiger partial charge in [0.25, 0.3) is 5.91 Å². The zero-order chi connectivity index (χ0) is 15.0. The molecule has 0 aromatic heterocycles. The molecule has 108 valence electrons. The number of rotatable bonds is 1. The van der Waals surface area contributed by atoms with E-state index in [2.05, 4.69) is 15.9 Å². The first kappa shape index (κ1) is 14.1. The van der Waals surface area contributed by atoms with Gasteiger partial charge in [-0.3, -0.25) is 4.79 Å². The topological polar surface area (TPSA) is 29.5 Å². The Morgan fingerprint density at radius 3 is 2.57 bits per heavy atom. The van der Waals surface area contributed by atoms with Crippen LogP contribution < -0.4 is 9.64 Å². The summed E-state index contributed by atoms with van der Waals surface area (Å²) in [5, 5.41) is 0. The van der Waals surface area contributed by atoms with E-state index in [9.17, 15) is 4.79 Å². The maximum atomic E-state index is 12.9. The Kier molecular flexibility index (Phi) is 3.49. The van der Waals surface area contributed by atoms with Crippen molar-refractivity contribution < 1.29 is 9.53 Å². The number of hydrogen-bond donors (Lipinski definition) is 0. The summed E-state index contributed by atoms with van der Waals surface area (Å²) >= 11 is 3.45. The van der Waals surface area contributed by atoms with Crippen LogP contribution in [0.1, 0.15) is 24.2 Å². The summed E-state index contributed by atoms with van der Waals surface area (Å²) in [7, 11) is 0. The minimum absolute atomic E-state index is 0.0219. The normalized spacial score (nSPS) is 16.0. The quantitative estimate of drug-likeness (QED) is 0.772. The molecule has 0 bridgehead atoms. The molecule has 0 atom stereocenters. The molecule has 0 saturated heterocycles. The van der Waals surface area contributed by atoms with E-state index in [1.807, 2.05) is 62.4 Å². The number of hydrogen-bond acceptors (Lipinski definition) is 2. The van der Waals surface area contributed by atoms with E-state index >= 15 is 0 Å². The summed E-state index contributed by atoms with van der Waals surface area (Å²) in [5.41, 5.74) is 1.06. The fourth-order valence-electron chi connectivity index (χ4n) is 2.52.